The molecule has 1 fully saturated rings. The Morgan fingerprint density at radius 2 is 1.25 bits per heavy atom. The zero-order chi connectivity index (χ0) is 44.9. The number of piperidine rings is 1. The number of rotatable bonds is 26. The molecule has 0 saturated carbocycles. The number of amides is 1. The van der Waals surface area contributed by atoms with Crippen LogP contribution < -0.4 is 10.5 Å². The number of carboxylic acid groups (broad SMARTS) is 3. The van der Waals surface area contributed by atoms with Crippen LogP contribution in [0, 0.1) is 0 Å². The zero-order valence-corrected chi connectivity index (χ0v) is 34.7. The van der Waals surface area contributed by atoms with E-state index in [-0.39, 0.29) is 81.3 Å². The molecular formula is C40H55N5O14S. The van der Waals surface area contributed by atoms with Gasteiger partial charge in [0.25, 0.3) is 0 Å². The van der Waals surface area contributed by atoms with Crippen molar-refractivity contribution in [2.24, 2.45) is 5.73 Å². The summed E-state index contributed by atoms with van der Waals surface area (Å²) in [6.45, 7) is 1.18. The van der Waals surface area contributed by atoms with Crippen LogP contribution in [0.15, 0.2) is 59.5 Å². The Balaban J connectivity index is 0.00000401. The summed E-state index contributed by atoms with van der Waals surface area (Å²) in [7, 11) is -2.38. The van der Waals surface area contributed by atoms with Crippen LogP contribution in [0.25, 0.3) is 0 Å². The van der Waals surface area contributed by atoms with E-state index in [0.29, 0.717) is 50.3 Å². The van der Waals surface area contributed by atoms with Gasteiger partial charge in [0, 0.05) is 45.7 Å². The van der Waals surface area contributed by atoms with Crippen molar-refractivity contribution in [3.63, 3.8) is 0 Å². The Morgan fingerprint density at radius 1 is 0.767 bits per heavy atom. The monoisotopic (exact) mass is 861 g/mol. The number of unbranched alkanes of at least 4 members (excludes halogenated alkanes) is 2. The SMILES string of the molecule is CC(=O)C1(S(=O)(=O)c2ccc(Oc3ccccc3)cc2)CCN(C(=O)[C@@H](N)CCCCCC(=O)CN(CCN(C)CCN(CC(=O)O)CC(=O)O)CC(=O)O)CC1.O=C=O. The van der Waals surface area contributed by atoms with Crippen molar-refractivity contribution in [1.82, 2.24) is 19.6 Å². The largest absolute Gasteiger partial charge is 0.480 e. The minimum absolute atomic E-state index is 0.00971. The summed E-state index contributed by atoms with van der Waals surface area (Å²) in [4.78, 5) is 94.7. The van der Waals surface area contributed by atoms with Gasteiger partial charge in [0.15, 0.2) is 15.6 Å². The number of likely N-dealkylation sites (tertiary alicyclic amines) is 1. The van der Waals surface area contributed by atoms with Crippen molar-refractivity contribution in [2.75, 3.05) is 72.5 Å². The summed E-state index contributed by atoms with van der Waals surface area (Å²) < 4.78 is 31.8. The number of hydrogen-bond acceptors (Lipinski definition) is 15. The topological polar surface area (TPSA) is 280 Å². The number of likely N-dealkylation sites (N-methyl/N-ethyl adjacent to an activating group) is 1. The molecule has 0 bridgehead atoms. The maximum Gasteiger partial charge on any atom is 0.373 e. The number of carbonyl (C=O) groups excluding carboxylic acids is 5. The first-order valence-electron chi connectivity index (χ1n) is 19.3. The van der Waals surface area contributed by atoms with E-state index in [1.807, 2.05) is 18.2 Å². The van der Waals surface area contributed by atoms with Crippen LogP contribution in [0.2, 0.25) is 0 Å². The van der Waals surface area contributed by atoms with Crippen molar-refractivity contribution in [2.45, 2.75) is 67.6 Å². The molecule has 1 aliphatic rings. The van der Waals surface area contributed by atoms with Gasteiger partial charge in [-0.3, -0.25) is 38.6 Å². The Morgan fingerprint density at radius 3 is 1.73 bits per heavy atom. The van der Waals surface area contributed by atoms with Gasteiger partial charge in [-0.15, -0.1) is 0 Å². The molecule has 19 nitrogen and oxygen atoms in total. The summed E-state index contributed by atoms with van der Waals surface area (Å²) in [5.41, 5.74) is 6.24. The first-order valence-corrected chi connectivity index (χ1v) is 20.8. The fraction of sp³-hybridized carbons (Fsp3) is 0.525. The van der Waals surface area contributed by atoms with Gasteiger partial charge in [0.1, 0.15) is 22.0 Å². The molecule has 2 aromatic carbocycles. The molecule has 1 atom stereocenters. The number of hydrogen-bond donors (Lipinski definition) is 4. The lowest BCUT2D eigenvalue weighted by Crippen LogP contribution is -2.56. The Kier molecular flexibility index (Phi) is 21.4. The third kappa shape index (κ3) is 16.7. The minimum atomic E-state index is -4.11. The second-order valence-corrected chi connectivity index (χ2v) is 16.8. The van der Waals surface area contributed by atoms with E-state index < -0.39 is 57.4 Å². The number of ketones is 2. The molecule has 2 aromatic rings. The van der Waals surface area contributed by atoms with Gasteiger partial charge in [0.05, 0.1) is 37.1 Å². The third-order valence-corrected chi connectivity index (χ3v) is 12.6. The molecule has 0 radical (unpaired) electrons. The second kappa shape index (κ2) is 25.3. The van der Waals surface area contributed by atoms with Gasteiger partial charge in [-0.05, 0) is 76.1 Å². The number of carboxylic acids is 3. The van der Waals surface area contributed by atoms with Crippen LogP contribution >= 0.6 is 0 Å². The molecule has 0 aromatic heterocycles. The van der Waals surface area contributed by atoms with E-state index in [4.69, 9.17) is 30.3 Å². The number of aliphatic carboxylic acids is 3. The average Bonchev–Trinajstić information content (AvgIpc) is 3.18. The van der Waals surface area contributed by atoms with Gasteiger partial charge in [-0.25, -0.2) is 8.42 Å². The fourth-order valence-electron chi connectivity index (χ4n) is 6.72. The number of carbonyl (C=O) groups is 6. The highest BCUT2D eigenvalue weighted by atomic mass is 32.2. The Bertz CT molecular complexity index is 1860. The predicted molar refractivity (Wildman–Crippen MR) is 214 cm³/mol. The number of Topliss-reactive ketones (excluding diaryl/α,β-unsaturated/α-hetero) is 2. The molecule has 0 spiro atoms. The molecule has 60 heavy (non-hydrogen) atoms. The normalized spacial score (nSPS) is 14.1. The first-order chi connectivity index (χ1) is 28.3. The zero-order valence-electron chi connectivity index (χ0n) is 33.9. The van der Waals surface area contributed by atoms with Crippen molar-refractivity contribution in [3.8, 4) is 11.5 Å². The Hall–Kier alpha value is -5.37. The van der Waals surface area contributed by atoms with Gasteiger partial charge >= 0.3 is 24.1 Å². The van der Waals surface area contributed by atoms with Crippen LogP contribution in [-0.4, -0.2) is 168 Å². The van der Waals surface area contributed by atoms with Crippen LogP contribution in [0.4, 0.5) is 0 Å². The van der Waals surface area contributed by atoms with E-state index in [2.05, 4.69) is 0 Å². The molecule has 330 valence electrons. The van der Waals surface area contributed by atoms with E-state index in [1.54, 1.807) is 24.1 Å². The van der Waals surface area contributed by atoms with E-state index >= 15 is 0 Å². The molecule has 1 heterocycles. The quantitative estimate of drug-likeness (QED) is 0.0969. The van der Waals surface area contributed by atoms with Gasteiger partial charge in [-0.2, -0.15) is 9.59 Å². The molecule has 20 heteroatoms. The number of benzene rings is 2. The van der Waals surface area contributed by atoms with E-state index in [0.717, 1.165) is 0 Å². The maximum absolute atomic E-state index is 13.9. The molecule has 1 saturated heterocycles. The average molecular weight is 862 g/mol. The van der Waals surface area contributed by atoms with Crippen LogP contribution in [-0.2, 0) is 48.2 Å². The van der Waals surface area contributed by atoms with Gasteiger partial charge in [-0.1, -0.05) is 31.0 Å². The van der Waals surface area contributed by atoms with Crippen molar-refractivity contribution in [3.05, 3.63) is 54.6 Å². The lowest BCUT2D eigenvalue weighted by Gasteiger charge is -2.40. The second-order valence-electron chi connectivity index (χ2n) is 14.5. The molecule has 5 N–H and O–H groups in total. The highest BCUT2D eigenvalue weighted by molar-refractivity contribution is 7.93. The standard InChI is InChI=1S/C39H55N5O12S.CO2/c1-29(45)39(57(54,55)33-15-13-32(14-16-33)56-31-10-6-4-7-11-31)17-19-44(20-18-39)38(53)34(40)12-8-3-5-9-30(46)25-42(26-35(47)48)23-21-41(2)22-24-43(27-36(49)50)28-37(51)52;2-1-3/h4,6-7,10-11,13-16,34H,3,5,8-9,12,17-28,40H2,1-2H3,(H,47,48)(H,49,50)(H,51,52);/t34-;/m0./s1. The summed E-state index contributed by atoms with van der Waals surface area (Å²) in [6.07, 6.45) is 2.30. The van der Waals surface area contributed by atoms with Gasteiger partial charge in [0.2, 0.25) is 5.91 Å². The summed E-state index contributed by atoms with van der Waals surface area (Å²) in [6, 6.07) is 14.1. The smallest absolute Gasteiger partial charge is 0.373 e. The van der Waals surface area contributed by atoms with Crippen LogP contribution in [0.3, 0.4) is 0 Å². The van der Waals surface area contributed by atoms with E-state index in [9.17, 15) is 42.3 Å². The highest BCUT2D eigenvalue weighted by Crippen LogP contribution is 2.37. The predicted octanol–water partition coefficient (Wildman–Crippen LogP) is 1.26. The van der Waals surface area contributed by atoms with Crippen molar-refractivity contribution < 1.29 is 66.8 Å². The molecule has 1 aliphatic heterocycles. The van der Waals surface area contributed by atoms with Crippen molar-refractivity contribution in [1.29, 1.82) is 0 Å². The lowest BCUT2D eigenvalue weighted by molar-refractivity contribution is -0.192. The molecule has 0 aliphatic carbocycles. The molecule has 0 unspecified atom stereocenters. The fourth-order valence-corrected chi connectivity index (χ4v) is 8.77. The first kappa shape index (κ1) is 50.8. The number of ether oxygens (including phenoxy) is 1. The molecule has 1 amide bonds. The van der Waals surface area contributed by atoms with Gasteiger partial charge < -0.3 is 35.6 Å². The van der Waals surface area contributed by atoms with E-state index in [1.165, 1.54) is 45.9 Å². The number of nitrogens with two attached hydrogens (primary N) is 1. The number of sulfone groups is 1. The Labute approximate surface area is 348 Å². The summed E-state index contributed by atoms with van der Waals surface area (Å²) in [5.74, 6) is -3.35. The minimum Gasteiger partial charge on any atom is -0.480 e. The number of para-hydroxylation sites is 1. The summed E-state index contributed by atoms with van der Waals surface area (Å²) >= 11 is 0. The molecular weight excluding hydrogens is 807 g/mol. The number of nitrogens with zero attached hydrogens (tertiary/aromatic N) is 4. The van der Waals surface area contributed by atoms with Crippen LogP contribution in [0.1, 0.15) is 51.9 Å². The summed E-state index contributed by atoms with van der Waals surface area (Å²) in [5, 5.41) is 27.4. The van der Waals surface area contributed by atoms with Crippen LogP contribution in [0.5, 0.6) is 11.5 Å². The molecule has 3 rings (SSSR count). The highest BCUT2D eigenvalue weighted by Gasteiger charge is 2.51. The van der Waals surface area contributed by atoms with Crippen molar-refractivity contribution >= 4 is 51.4 Å². The lowest BCUT2D eigenvalue weighted by atomic mass is 9.91. The maximum atomic E-state index is 13.9. The third-order valence-electron chi connectivity index (χ3n) is 10.0.